The molecule has 0 heterocycles. The van der Waals surface area contributed by atoms with Crippen LogP contribution in [0.3, 0.4) is 0 Å². The summed E-state index contributed by atoms with van der Waals surface area (Å²) >= 11 is 0. The average Bonchev–Trinajstić information content (AvgIpc) is 2.09. The lowest BCUT2D eigenvalue weighted by Crippen LogP contribution is -2.27. The van der Waals surface area contributed by atoms with Crippen LogP contribution < -0.4 is 5.73 Å². The highest BCUT2D eigenvalue weighted by molar-refractivity contribution is 5.73. The Morgan fingerprint density at radius 1 is 1.21 bits per heavy atom. The first-order valence-electron chi connectivity index (χ1n) is 5.52. The standard InChI is InChI=1S/C11H24N2O/c1-10(2)13(3)9-7-5-4-6-8-11(12)14/h10H,4-9H2,1-3H3,(H2,12,14). The van der Waals surface area contributed by atoms with Gasteiger partial charge in [-0.3, -0.25) is 4.79 Å². The summed E-state index contributed by atoms with van der Waals surface area (Å²) in [7, 11) is 2.15. The second kappa shape index (κ2) is 7.80. The van der Waals surface area contributed by atoms with Crippen LogP contribution in [0.15, 0.2) is 0 Å². The van der Waals surface area contributed by atoms with Gasteiger partial charge in [-0.15, -0.1) is 0 Å². The highest BCUT2D eigenvalue weighted by atomic mass is 16.1. The number of primary amides is 1. The van der Waals surface area contributed by atoms with E-state index in [-0.39, 0.29) is 5.91 Å². The van der Waals surface area contributed by atoms with Crippen molar-refractivity contribution in [2.24, 2.45) is 5.73 Å². The maximum Gasteiger partial charge on any atom is 0.217 e. The van der Waals surface area contributed by atoms with Gasteiger partial charge < -0.3 is 10.6 Å². The molecule has 0 aliphatic carbocycles. The van der Waals surface area contributed by atoms with Crippen LogP contribution in [0.25, 0.3) is 0 Å². The SMILES string of the molecule is CC(C)N(C)CCCCCCC(N)=O. The quantitative estimate of drug-likeness (QED) is 0.607. The maximum atomic E-state index is 10.4. The molecule has 0 aromatic carbocycles. The molecule has 0 spiro atoms. The Bertz CT molecular complexity index is 157. The van der Waals surface area contributed by atoms with Gasteiger partial charge in [0.1, 0.15) is 0 Å². The van der Waals surface area contributed by atoms with Crippen molar-refractivity contribution in [3.63, 3.8) is 0 Å². The second-order valence-electron chi connectivity index (χ2n) is 4.20. The van der Waals surface area contributed by atoms with Crippen LogP contribution >= 0.6 is 0 Å². The molecule has 1 amide bonds. The number of nitrogens with two attached hydrogens (primary N) is 1. The van der Waals surface area contributed by atoms with Crippen LogP contribution in [0.4, 0.5) is 0 Å². The molecule has 0 radical (unpaired) electrons. The smallest absolute Gasteiger partial charge is 0.217 e. The minimum atomic E-state index is -0.177. The molecule has 0 fully saturated rings. The molecule has 3 nitrogen and oxygen atoms in total. The van der Waals surface area contributed by atoms with E-state index >= 15 is 0 Å². The summed E-state index contributed by atoms with van der Waals surface area (Å²) in [4.78, 5) is 12.8. The number of carbonyl (C=O) groups excluding carboxylic acids is 1. The lowest BCUT2D eigenvalue weighted by molar-refractivity contribution is -0.118. The van der Waals surface area contributed by atoms with Crippen LogP contribution in [0.2, 0.25) is 0 Å². The Hall–Kier alpha value is -0.570. The molecule has 14 heavy (non-hydrogen) atoms. The highest BCUT2D eigenvalue weighted by Crippen LogP contribution is 2.04. The van der Waals surface area contributed by atoms with E-state index in [4.69, 9.17) is 5.73 Å². The monoisotopic (exact) mass is 200 g/mol. The van der Waals surface area contributed by atoms with Crippen LogP contribution in [0, 0.1) is 0 Å². The van der Waals surface area contributed by atoms with E-state index in [1.165, 1.54) is 12.8 Å². The lowest BCUT2D eigenvalue weighted by atomic mass is 10.1. The van der Waals surface area contributed by atoms with Crippen molar-refractivity contribution in [3.05, 3.63) is 0 Å². The Morgan fingerprint density at radius 3 is 2.29 bits per heavy atom. The zero-order chi connectivity index (χ0) is 11.0. The van der Waals surface area contributed by atoms with E-state index in [0.717, 1.165) is 19.4 Å². The van der Waals surface area contributed by atoms with Crippen molar-refractivity contribution < 1.29 is 4.79 Å². The largest absolute Gasteiger partial charge is 0.370 e. The lowest BCUT2D eigenvalue weighted by Gasteiger charge is -2.20. The minimum absolute atomic E-state index is 0.177. The van der Waals surface area contributed by atoms with Crippen molar-refractivity contribution in [2.45, 2.75) is 52.0 Å². The fourth-order valence-electron chi connectivity index (χ4n) is 1.27. The van der Waals surface area contributed by atoms with Gasteiger partial charge in [0, 0.05) is 12.5 Å². The fraction of sp³-hybridized carbons (Fsp3) is 0.909. The summed E-state index contributed by atoms with van der Waals surface area (Å²) in [6, 6.07) is 0.626. The summed E-state index contributed by atoms with van der Waals surface area (Å²) in [6.07, 6.45) is 5.02. The van der Waals surface area contributed by atoms with Crippen LogP contribution in [0.1, 0.15) is 46.0 Å². The van der Waals surface area contributed by atoms with Crippen molar-refractivity contribution in [1.29, 1.82) is 0 Å². The molecular weight excluding hydrogens is 176 g/mol. The summed E-state index contributed by atoms with van der Waals surface area (Å²) in [5.41, 5.74) is 5.05. The molecule has 0 saturated carbocycles. The average molecular weight is 200 g/mol. The Morgan fingerprint density at radius 2 is 1.79 bits per heavy atom. The number of nitrogens with zero attached hydrogens (tertiary/aromatic N) is 1. The summed E-state index contributed by atoms with van der Waals surface area (Å²) < 4.78 is 0. The van der Waals surface area contributed by atoms with E-state index in [2.05, 4.69) is 25.8 Å². The van der Waals surface area contributed by atoms with Crippen molar-refractivity contribution >= 4 is 5.91 Å². The zero-order valence-electron chi connectivity index (χ0n) is 9.75. The van der Waals surface area contributed by atoms with Crippen LogP contribution in [-0.4, -0.2) is 30.4 Å². The second-order valence-corrected chi connectivity index (χ2v) is 4.20. The molecule has 0 atom stereocenters. The molecule has 0 unspecified atom stereocenters. The molecule has 2 N–H and O–H groups in total. The number of unbranched alkanes of at least 4 members (excludes halogenated alkanes) is 3. The maximum absolute atomic E-state index is 10.4. The van der Waals surface area contributed by atoms with Gasteiger partial charge in [-0.05, 0) is 40.3 Å². The predicted octanol–water partition coefficient (Wildman–Crippen LogP) is 1.76. The first kappa shape index (κ1) is 13.4. The van der Waals surface area contributed by atoms with Gasteiger partial charge in [0.15, 0.2) is 0 Å². The van der Waals surface area contributed by atoms with Crippen molar-refractivity contribution in [1.82, 2.24) is 4.90 Å². The number of hydrogen-bond acceptors (Lipinski definition) is 2. The van der Waals surface area contributed by atoms with Crippen LogP contribution in [0.5, 0.6) is 0 Å². The topological polar surface area (TPSA) is 46.3 Å². The molecular formula is C11H24N2O. The van der Waals surface area contributed by atoms with Gasteiger partial charge in [-0.25, -0.2) is 0 Å². The number of hydrogen-bond donors (Lipinski definition) is 1. The first-order valence-corrected chi connectivity index (χ1v) is 5.52. The summed E-state index contributed by atoms with van der Waals surface area (Å²) in [5.74, 6) is -0.177. The van der Waals surface area contributed by atoms with Crippen molar-refractivity contribution in [2.75, 3.05) is 13.6 Å². The Balaban J connectivity index is 3.17. The van der Waals surface area contributed by atoms with E-state index in [1.807, 2.05) is 0 Å². The van der Waals surface area contributed by atoms with E-state index < -0.39 is 0 Å². The highest BCUT2D eigenvalue weighted by Gasteiger charge is 2.01. The van der Waals surface area contributed by atoms with Gasteiger partial charge >= 0.3 is 0 Å². The zero-order valence-corrected chi connectivity index (χ0v) is 9.75. The van der Waals surface area contributed by atoms with E-state index in [1.54, 1.807) is 0 Å². The fourth-order valence-corrected chi connectivity index (χ4v) is 1.27. The molecule has 0 aromatic rings. The summed E-state index contributed by atoms with van der Waals surface area (Å²) in [5, 5.41) is 0. The van der Waals surface area contributed by atoms with Gasteiger partial charge in [0.2, 0.25) is 5.91 Å². The van der Waals surface area contributed by atoms with Crippen LogP contribution in [-0.2, 0) is 4.79 Å². The third-order valence-electron chi connectivity index (χ3n) is 2.57. The van der Waals surface area contributed by atoms with Gasteiger partial charge in [-0.2, -0.15) is 0 Å². The third-order valence-corrected chi connectivity index (χ3v) is 2.57. The van der Waals surface area contributed by atoms with Gasteiger partial charge in [0.25, 0.3) is 0 Å². The number of amides is 1. The molecule has 0 aromatic heterocycles. The van der Waals surface area contributed by atoms with Gasteiger partial charge in [0.05, 0.1) is 0 Å². The molecule has 0 aliphatic rings. The van der Waals surface area contributed by atoms with E-state index in [9.17, 15) is 4.79 Å². The number of carbonyl (C=O) groups is 1. The van der Waals surface area contributed by atoms with Gasteiger partial charge in [-0.1, -0.05) is 12.8 Å². The van der Waals surface area contributed by atoms with E-state index in [0.29, 0.717) is 12.5 Å². The normalized spacial score (nSPS) is 11.2. The number of rotatable bonds is 8. The minimum Gasteiger partial charge on any atom is -0.370 e. The predicted molar refractivity (Wildman–Crippen MR) is 60.0 cm³/mol. The molecule has 0 rings (SSSR count). The van der Waals surface area contributed by atoms with Crippen molar-refractivity contribution in [3.8, 4) is 0 Å². The molecule has 3 heteroatoms. The molecule has 0 saturated heterocycles. The molecule has 0 aliphatic heterocycles. The summed E-state index contributed by atoms with van der Waals surface area (Å²) in [6.45, 7) is 5.55. The molecule has 0 bridgehead atoms. The third kappa shape index (κ3) is 8.05. The first-order chi connectivity index (χ1) is 6.54. The molecule has 84 valence electrons. The Labute approximate surface area is 87.6 Å². The Kier molecular flexibility index (Phi) is 7.48.